The van der Waals surface area contributed by atoms with Crippen molar-refractivity contribution in [3.63, 3.8) is 0 Å². The van der Waals surface area contributed by atoms with Gasteiger partial charge in [0.05, 0.1) is 51.2 Å². The maximum atomic E-state index is 13.1. The largest absolute Gasteiger partial charge is 0.382 e. The summed E-state index contributed by atoms with van der Waals surface area (Å²) in [7, 11) is 0. The lowest BCUT2D eigenvalue weighted by molar-refractivity contribution is -0.136. The van der Waals surface area contributed by atoms with E-state index < -0.39 is 17.5 Å². The van der Waals surface area contributed by atoms with Gasteiger partial charge < -0.3 is 19.5 Å². The van der Waals surface area contributed by atoms with Gasteiger partial charge in [-0.3, -0.25) is 19.7 Å². The molecule has 1 aromatic carbocycles. The summed E-state index contributed by atoms with van der Waals surface area (Å²) in [6.45, 7) is 3.16. The highest BCUT2D eigenvalue weighted by Crippen LogP contribution is 2.21. The number of carbonyl (C=O) groups excluding carboxylic acids is 2. The van der Waals surface area contributed by atoms with Crippen LogP contribution in [0, 0.1) is 0 Å². The lowest BCUT2D eigenvalue weighted by Gasteiger charge is -2.22. The van der Waals surface area contributed by atoms with Crippen LogP contribution >= 0.6 is 0 Å². The first-order valence-corrected chi connectivity index (χ1v) is 10.9. The molecule has 1 saturated heterocycles. The van der Waals surface area contributed by atoms with Gasteiger partial charge in [0.25, 0.3) is 11.5 Å². The predicted octanol–water partition coefficient (Wildman–Crippen LogP) is 1.15. The average Bonchev–Trinajstić information content (AvgIpc) is 2.83. The summed E-state index contributed by atoms with van der Waals surface area (Å²) in [6, 6.07) is 4.55. The van der Waals surface area contributed by atoms with Crippen LogP contribution in [0.1, 0.15) is 18.9 Å². The number of piperidine rings is 1. The maximum Gasteiger partial charge on any atom is 0.277 e. The zero-order valence-electron chi connectivity index (χ0n) is 18.6. The molecular weight excluding hydrogens is 446 g/mol. The Morgan fingerprint density at radius 3 is 2.59 bits per heavy atom. The van der Waals surface area contributed by atoms with Crippen molar-refractivity contribution >= 4 is 28.3 Å². The number of hydrogen-bond donors (Lipinski definition) is 2. The second-order valence-corrected chi connectivity index (χ2v) is 7.35. The Balaban J connectivity index is 1.45. The van der Waals surface area contributed by atoms with Gasteiger partial charge in [-0.2, -0.15) is 5.10 Å². The van der Waals surface area contributed by atoms with Crippen molar-refractivity contribution in [3.05, 3.63) is 45.2 Å². The van der Waals surface area contributed by atoms with Gasteiger partial charge in [-0.1, -0.05) is 17.2 Å². The van der Waals surface area contributed by atoms with E-state index >= 15 is 0 Å². The number of azide groups is 1. The van der Waals surface area contributed by atoms with E-state index in [4.69, 9.17) is 19.7 Å². The van der Waals surface area contributed by atoms with Crippen LogP contribution in [0.4, 0.5) is 5.69 Å². The molecule has 1 atom stereocenters. The zero-order valence-corrected chi connectivity index (χ0v) is 18.6. The molecule has 0 aliphatic carbocycles. The minimum absolute atomic E-state index is 0.161. The summed E-state index contributed by atoms with van der Waals surface area (Å²) in [5.74, 6) is -0.871. The highest BCUT2D eigenvalue weighted by Gasteiger charge is 2.30. The van der Waals surface area contributed by atoms with Gasteiger partial charge >= 0.3 is 0 Å². The normalized spacial score (nSPS) is 15.7. The van der Waals surface area contributed by atoms with Crippen molar-refractivity contribution in [1.82, 2.24) is 15.1 Å². The van der Waals surface area contributed by atoms with Crippen LogP contribution in [0.2, 0.25) is 0 Å². The van der Waals surface area contributed by atoms with Crippen molar-refractivity contribution < 1.29 is 23.8 Å². The molecule has 2 heterocycles. The van der Waals surface area contributed by atoms with Crippen molar-refractivity contribution in [3.8, 4) is 0 Å². The molecule has 3 rings (SSSR count). The van der Waals surface area contributed by atoms with Gasteiger partial charge in [-0.15, -0.1) is 0 Å². The van der Waals surface area contributed by atoms with Gasteiger partial charge in [0.1, 0.15) is 6.04 Å². The molecule has 1 unspecified atom stereocenters. The fourth-order valence-corrected chi connectivity index (χ4v) is 3.44. The molecule has 1 aliphatic rings. The zero-order chi connectivity index (χ0) is 24.2. The second-order valence-electron chi connectivity index (χ2n) is 7.35. The van der Waals surface area contributed by atoms with Crippen molar-refractivity contribution in [2.24, 2.45) is 5.11 Å². The third-order valence-corrected chi connectivity index (χ3v) is 5.05. The molecule has 0 saturated carbocycles. The Hall–Kier alpha value is -3.51. The number of nitrogens with one attached hydrogen (secondary N) is 2. The summed E-state index contributed by atoms with van der Waals surface area (Å²) in [5.41, 5.74) is 8.36. The van der Waals surface area contributed by atoms with Crippen LogP contribution in [-0.4, -0.2) is 74.3 Å². The Kier molecular flexibility index (Phi) is 9.80. The van der Waals surface area contributed by atoms with Gasteiger partial charge in [0, 0.05) is 35.5 Å². The minimum atomic E-state index is -0.817. The average molecular weight is 473 g/mol. The molecule has 13 nitrogen and oxygen atoms in total. The SMILES string of the molecule is [N-]=[N+]=NCCOCCOCCOCCNc1cccc2cnn(C3CCC(=O)NC3=O)c(=O)c12. The van der Waals surface area contributed by atoms with Crippen LogP contribution in [-0.2, 0) is 23.8 Å². The maximum absolute atomic E-state index is 13.1. The highest BCUT2D eigenvalue weighted by atomic mass is 16.5. The molecule has 1 fully saturated rings. The molecule has 0 bridgehead atoms. The fraction of sp³-hybridized carbons (Fsp3) is 0.524. The molecular formula is C21H27N7O6. The van der Waals surface area contributed by atoms with E-state index in [1.54, 1.807) is 18.3 Å². The van der Waals surface area contributed by atoms with Crippen molar-refractivity contribution in [2.45, 2.75) is 18.9 Å². The number of anilines is 1. The van der Waals surface area contributed by atoms with Gasteiger partial charge in [-0.05, 0) is 18.0 Å². The number of amides is 2. The number of fused-ring (bicyclic) bond motifs is 1. The third-order valence-electron chi connectivity index (χ3n) is 5.05. The summed E-state index contributed by atoms with van der Waals surface area (Å²) < 4.78 is 17.3. The molecule has 1 aromatic heterocycles. The Bertz CT molecular complexity index is 1100. The number of ether oxygens (including phenoxy) is 3. The Morgan fingerprint density at radius 1 is 1.12 bits per heavy atom. The number of imide groups is 1. The number of nitrogens with zero attached hydrogens (tertiary/aromatic N) is 5. The standard InChI is InChI=1S/C21H27N7O6/c22-27-24-7-9-33-11-13-34-12-10-32-8-6-23-16-3-1-2-15-14-25-28(21(31)19(15)16)17-4-5-18(29)26-20(17)30/h1-3,14,17,23H,4-13H2,(H,26,29,30). The second kappa shape index (κ2) is 13.3. The summed E-state index contributed by atoms with van der Waals surface area (Å²) in [6.07, 6.45) is 1.93. The van der Waals surface area contributed by atoms with Crippen LogP contribution in [0.15, 0.2) is 34.3 Å². The quantitative estimate of drug-likeness (QED) is 0.135. The summed E-state index contributed by atoms with van der Waals surface area (Å²) >= 11 is 0. The lowest BCUT2D eigenvalue weighted by atomic mass is 10.1. The number of carbonyl (C=O) groups is 2. The van der Waals surface area contributed by atoms with Crippen molar-refractivity contribution in [2.75, 3.05) is 58.0 Å². The van der Waals surface area contributed by atoms with Crippen LogP contribution in [0.25, 0.3) is 21.2 Å². The van der Waals surface area contributed by atoms with E-state index in [1.165, 1.54) is 0 Å². The molecule has 2 N–H and O–H groups in total. The fourth-order valence-electron chi connectivity index (χ4n) is 3.44. The van der Waals surface area contributed by atoms with Gasteiger partial charge in [0.15, 0.2) is 0 Å². The van der Waals surface area contributed by atoms with Gasteiger partial charge in [-0.25, -0.2) is 4.68 Å². The number of rotatable bonds is 14. The molecule has 34 heavy (non-hydrogen) atoms. The molecule has 1 aliphatic heterocycles. The Morgan fingerprint density at radius 2 is 1.85 bits per heavy atom. The Labute approximate surface area is 195 Å². The molecule has 2 aromatic rings. The smallest absolute Gasteiger partial charge is 0.277 e. The first kappa shape index (κ1) is 25.1. The molecule has 182 valence electrons. The third kappa shape index (κ3) is 6.99. The minimum Gasteiger partial charge on any atom is -0.382 e. The lowest BCUT2D eigenvalue weighted by Crippen LogP contribution is -2.45. The van der Waals surface area contributed by atoms with E-state index in [0.29, 0.717) is 69.2 Å². The number of aromatic nitrogens is 2. The number of hydrogen-bond acceptors (Lipinski definition) is 9. The van der Waals surface area contributed by atoms with E-state index in [1.807, 2.05) is 6.07 Å². The van der Waals surface area contributed by atoms with Gasteiger partial charge in [0.2, 0.25) is 5.91 Å². The highest BCUT2D eigenvalue weighted by molar-refractivity contribution is 5.99. The van der Waals surface area contributed by atoms with Crippen LogP contribution in [0.3, 0.4) is 0 Å². The first-order valence-electron chi connectivity index (χ1n) is 10.9. The first-order chi connectivity index (χ1) is 16.6. The molecule has 13 heteroatoms. The van der Waals surface area contributed by atoms with E-state index in [2.05, 4.69) is 25.8 Å². The number of benzene rings is 1. The molecule has 0 radical (unpaired) electrons. The molecule has 0 spiro atoms. The molecule has 2 amide bonds. The topological polar surface area (TPSA) is 170 Å². The summed E-state index contributed by atoms with van der Waals surface area (Å²) in [4.78, 5) is 39.4. The predicted molar refractivity (Wildman–Crippen MR) is 122 cm³/mol. The van der Waals surface area contributed by atoms with E-state index in [9.17, 15) is 14.4 Å². The van der Waals surface area contributed by atoms with Crippen LogP contribution in [0.5, 0.6) is 0 Å². The van der Waals surface area contributed by atoms with E-state index in [0.717, 1.165) is 4.68 Å². The van der Waals surface area contributed by atoms with E-state index in [-0.39, 0.29) is 18.7 Å². The monoisotopic (exact) mass is 473 g/mol. The summed E-state index contributed by atoms with van der Waals surface area (Å²) in [5, 5.41) is 14.0. The van der Waals surface area contributed by atoms with Crippen LogP contribution < -0.4 is 16.2 Å². The van der Waals surface area contributed by atoms with Crippen molar-refractivity contribution in [1.29, 1.82) is 0 Å².